The highest BCUT2D eigenvalue weighted by molar-refractivity contribution is 6.42. The third-order valence-electron chi connectivity index (χ3n) is 6.49. The predicted octanol–water partition coefficient (Wildman–Crippen LogP) is 5.48. The molecule has 1 fully saturated rings. The summed E-state index contributed by atoms with van der Waals surface area (Å²) in [5.74, 6) is -0.0491. The first-order valence-electron chi connectivity index (χ1n) is 10.6. The van der Waals surface area contributed by atoms with Gasteiger partial charge in [-0.3, -0.25) is 19.8 Å². The molecule has 0 radical (unpaired) electrons. The zero-order chi connectivity index (χ0) is 22.1. The summed E-state index contributed by atoms with van der Waals surface area (Å²) in [6, 6.07) is 10.2. The van der Waals surface area contributed by atoms with Crippen molar-refractivity contribution < 1.29 is 9.72 Å². The Labute approximate surface area is 204 Å². The molecule has 1 aliphatic carbocycles. The summed E-state index contributed by atoms with van der Waals surface area (Å²) >= 11 is 12.1. The molecule has 1 aliphatic heterocycles. The second-order valence-corrected chi connectivity index (χ2v) is 9.18. The molecule has 32 heavy (non-hydrogen) atoms. The van der Waals surface area contributed by atoms with Crippen LogP contribution in [0.4, 0.5) is 5.69 Å². The van der Waals surface area contributed by atoms with Crippen molar-refractivity contribution in [3.8, 4) is 0 Å². The van der Waals surface area contributed by atoms with E-state index in [9.17, 15) is 14.9 Å². The maximum Gasteiger partial charge on any atom is 0.269 e. The maximum atomic E-state index is 13.3. The maximum absolute atomic E-state index is 13.3. The molecule has 0 saturated carbocycles. The fraction of sp³-hybridized carbons (Fsp3) is 0.435. The standard InChI is InChI=1S/C23H25Cl2N3O3.ClH/c1-26(22(29)13-15-4-8-19(24)20(25)12-15)23-18-14-17(28(30)31)7-5-16(18)6-9-21(23)27-10-2-3-11-27;/h4-5,7-8,12,14,21,23H,2-3,6,9-11,13H2,1H3;1H/t21-,23-;/m0./s1. The number of non-ortho nitro benzene ring substituents is 1. The number of nitro groups is 1. The number of likely N-dealkylation sites (tertiary alicyclic amines) is 1. The molecule has 2 aromatic carbocycles. The van der Waals surface area contributed by atoms with Gasteiger partial charge >= 0.3 is 0 Å². The van der Waals surface area contributed by atoms with Crippen LogP contribution in [-0.2, 0) is 17.6 Å². The van der Waals surface area contributed by atoms with Crippen LogP contribution in [0.25, 0.3) is 0 Å². The van der Waals surface area contributed by atoms with Gasteiger partial charge < -0.3 is 4.90 Å². The van der Waals surface area contributed by atoms with Gasteiger partial charge in [0.2, 0.25) is 5.91 Å². The highest BCUT2D eigenvalue weighted by Crippen LogP contribution is 2.39. The van der Waals surface area contributed by atoms with Gasteiger partial charge in [-0.25, -0.2) is 0 Å². The third-order valence-corrected chi connectivity index (χ3v) is 7.23. The van der Waals surface area contributed by atoms with Crippen molar-refractivity contribution in [1.29, 1.82) is 0 Å². The highest BCUT2D eigenvalue weighted by atomic mass is 35.5. The molecule has 2 aromatic rings. The number of hydrogen-bond donors (Lipinski definition) is 0. The number of carbonyl (C=O) groups is 1. The molecule has 1 saturated heterocycles. The largest absolute Gasteiger partial charge is 0.337 e. The zero-order valence-corrected chi connectivity index (χ0v) is 20.1. The van der Waals surface area contributed by atoms with Crippen LogP contribution in [0.3, 0.4) is 0 Å². The Hall–Kier alpha value is -1.86. The van der Waals surface area contributed by atoms with Gasteiger partial charge in [0.1, 0.15) is 0 Å². The predicted molar refractivity (Wildman–Crippen MR) is 129 cm³/mol. The number of likely N-dealkylation sites (N-methyl/N-ethyl adjacent to an activating group) is 1. The van der Waals surface area contributed by atoms with Gasteiger partial charge in [-0.2, -0.15) is 0 Å². The fourth-order valence-electron chi connectivity index (χ4n) is 4.89. The SMILES string of the molecule is CN(C(=O)Cc1ccc(Cl)c(Cl)c1)[C@H]1c2cc([N+](=O)[O-])ccc2CC[C@@H]1N1CCCC1.Cl. The Bertz CT molecular complexity index is 1010. The lowest BCUT2D eigenvalue weighted by Gasteiger charge is -2.43. The minimum Gasteiger partial charge on any atom is -0.337 e. The molecule has 6 nitrogen and oxygen atoms in total. The van der Waals surface area contributed by atoms with E-state index in [1.807, 2.05) is 13.1 Å². The fourth-order valence-corrected chi connectivity index (χ4v) is 5.21. The Balaban J connectivity index is 0.00000289. The number of benzene rings is 2. The number of nitrogens with zero attached hydrogens (tertiary/aromatic N) is 3. The monoisotopic (exact) mass is 497 g/mol. The first kappa shape index (κ1) is 24.8. The summed E-state index contributed by atoms with van der Waals surface area (Å²) in [7, 11) is 1.81. The van der Waals surface area contributed by atoms with Crippen LogP contribution in [0.1, 0.15) is 42.0 Å². The van der Waals surface area contributed by atoms with E-state index < -0.39 is 0 Å². The van der Waals surface area contributed by atoms with Crippen LogP contribution in [0.5, 0.6) is 0 Å². The van der Waals surface area contributed by atoms with Gasteiger partial charge in [-0.05, 0) is 67.6 Å². The first-order valence-corrected chi connectivity index (χ1v) is 11.3. The van der Waals surface area contributed by atoms with E-state index in [1.54, 1.807) is 35.2 Å². The van der Waals surface area contributed by atoms with E-state index in [0.717, 1.165) is 55.5 Å². The summed E-state index contributed by atoms with van der Waals surface area (Å²) < 4.78 is 0. The molecular weight excluding hydrogens is 473 g/mol. The first-order chi connectivity index (χ1) is 14.8. The third kappa shape index (κ3) is 5.04. The van der Waals surface area contributed by atoms with Gasteiger partial charge in [-0.1, -0.05) is 35.3 Å². The Morgan fingerprint density at radius 3 is 2.53 bits per heavy atom. The molecule has 0 N–H and O–H groups in total. The number of nitro benzene ring substituents is 1. The van der Waals surface area contributed by atoms with Crippen LogP contribution < -0.4 is 0 Å². The Morgan fingerprint density at radius 2 is 1.88 bits per heavy atom. The molecule has 9 heteroatoms. The van der Waals surface area contributed by atoms with E-state index in [2.05, 4.69) is 4.90 Å². The molecule has 0 spiro atoms. The lowest BCUT2D eigenvalue weighted by atomic mass is 9.82. The van der Waals surface area contributed by atoms with Crippen LogP contribution in [0.15, 0.2) is 36.4 Å². The van der Waals surface area contributed by atoms with Crippen LogP contribution in [0.2, 0.25) is 10.0 Å². The minimum atomic E-state index is -0.367. The molecule has 4 rings (SSSR count). The van der Waals surface area contributed by atoms with Gasteiger partial charge in [-0.15, -0.1) is 12.4 Å². The number of aryl methyl sites for hydroxylation is 1. The van der Waals surface area contributed by atoms with Crippen molar-refractivity contribution >= 4 is 47.2 Å². The second-order valence-electron chi connectivity index (χ2n) is 8.36. The molecule has 1 amide bonds. The summed E-state index contributed by atoms with van der Waals surface area (Å²) in [6.07, 6.45) is 4.28. The summed E-state index contributed by atoms with van der Waals surface area (Å²) in [4.78, 5) is 28.6. The van der Waals surface area contributed by atoms with E-state index in [4.69, 9.17) is 23.2 Å². The number of halogens is 3. The number of carbonyl (C=O) groups excluding carboxylic acids is 1. The van der Waals surface area contributed by atoms with Crippen molar-refractivity contribution in [2.45, 2.75) is 44.2 Å². The van der Waals surface area contributed by atoms with Crippen molar-refractivity contribution in [3.63, 3.8) is 0 Å². The summed E-state index contributed by atoms with van der Waals surface area (Å²) in [5.41, 5.74) is 2.83. The molecule has 2 atom stereocenters. The molecule has 0 bridgehead atoms. The van der Waals surface area contributed by atoms with Crippen LogP contribution in [0, 0.1) is 10.1 Å². The van der Waals surface area contributed by atoms with Crippen molar-refractivity contribution in [1.82, 2.24) is 9.80 Å². The van der Waals surface area contributed by atoms with Crippen LogP contribution >= 0.6 is 35.6 Å². The molecule has 2 aliphatic rings. The van der Waals surface area contributed by atoms with E-state index in [-0.39, 0.29) is 47.4 Å². The second kappa shape index (κ2) is 10.4. The van der Waals surface area contributed by atoms with Gasteiger partial charge in [0, 0.05) is 25.2 Å². The number of hydrogen-bond acceptors (Lipinski definition) is 4. The smallest absolute Gasteiger partial charge is 0.269 e. The molecule has 172 valence electrons. The molecule has 1 heterocycles. The van der Waals surface area contributed by atoms with Gasteiger partial charge in [0.05, 0.1) is 27.4 Å². The Kier molecular flexibility index (Phi) is 8.04. The zero-order valence-electron chi connectivity index (χ0n) is 17.8. The van der Waals surface area contributed by atoms with Crippen LogP contribution in [-0.4, -0.2) is 46.8 Å². The number of amides is 1. The number of fused-ring (bicyclic) bond motifs is 1. The molecule has 0 aromatic heterocycles. The van der Waals surface area contributed by atoms with E-state index >= 15 is 0 Å². The van der Waals surface area contributed by atoms with Crippen molar-refractivity contribution in [3.05, 3.63) is 73.2 Å². The minimum absolute atomic E-state index is 0. The normalized spacial score (nSPS) is 20.3. The lowest BCUT2D eigenvalue weighted by molar-refractivity contribution is -0.385. The average molecular weight is 499 g/mol. The van der Waals surface area contributed by atoms with Gasteiger partial charge in [0.15, 0.2) is 0 Å². The van der Waals surface area contributed by atoms with E-state index in [1.165, 1.54) is 0 Å². The molecule has 0 unspecified atom stereocenters. The summed E-state index contributed by atoms with van der Waals surface area (Å²) in [5, 5.41) is 12.3. The van der Waals surface area contributed by atoms with Crippen molar-refractivity contribution in [2.24, 2.45) is 0 Å². The lowest BCUT2D eigenvalue weighted by Crippen LogP contribution is -2.48. The summed E-state index contributed by atoms with van der Waals surface area (Å²) in [6.45, 7) is 2.00. The highest BCUT2D eigenvalue weighted by Gasteiger charge is 2.39. The Morgan fingerprint density at radius 1 is 1.16 bits per heavy atom. The van der Waals surface area contributed by atoms with Crippen molar-refractivity contribution in [2.75, 3.05) is 20.1 Å². The van der Waals surface area contributed by atoms with E-state index in [0.29, 0.717) is 10.0 Å². The van der Waals surface area contributed by atoms with Gasteiger partial charge in [0.25, 0.3) is 5.69 Å². The molecular formula is C23H26Cl3N3O3. The topological polar surface area (TPSA) is 66.7 Å². The average Bonchev–Trinajstić information content (AvgIpc) is 3.29. The quantitative estimate of drug-likeness (QED) is 0.405. The number of rotatable bonds is 5.